The molecule has 2 aromatic carbocycles. The first kappa shape index (κ1) is 17.3. The third-order valence-corrected chi connectivity index (χ3v) is 4.72. The molecule has 0 saturated carbocycles. The summed E-state index contributed by atoms with van der Waals surface area (Å²) in [6.45, 7) is 2.44. The number of aryl methyl sites for hydroxylation is 1. The number of amides is 1. The maximum Gasteiger partial charge on any atom is 0.221 e. The second-order valence-corrected chi connectivity index (χ2v) is 6.38. The Labute approximate surface area is 149 Å². The maximum atomic E-state index is 12.2. The Balaban J connectivity index is 1.45. The van der Waals surface area contributed by atoms with Crippen molar-refractivity contribution in [2.24, 2.45) is 0 Å². The highest BCUT2D eigenvalue weighted by Gasteiger charge is 2.16. The smallest absolute Gasteiger partial charge is 0.221 e. The zero-order chi connectivity index (χ0) is 17.5. The van der Waals surface area contributed by atoms with E-state index in [1.807, 2.05) is 24.3 Å². The van der Waals surface area contributed by atoms with Gasteiger partial charge in [-0.15, -0.1) is 0 Å². The summed E-state index contributed by atoms with van der Waals surface area (Å²) in [5.41, 5.74) is 3.80. The van der Waals surface area contributed by atoms with Crippen LogP contribution in [0.3, 0.4) is 0 Å². The highest BCUT2D eigenvalue weighted by Crippen LogP contribution is 2.26. The van der Waals surface area contributed by atoms with Gasteiger partial charge in [-0.2, -0.15) is 0 Å². The second-order valence-electron chi connectivity index (χ2n) is 6.38. The first-order valence-electron chi connectivity index (χ1n) is 8.99. The van der Waals surface area contributed by atoms with Crippen LogP contribution in [-0.4, -0.2) is 32.7 Å². The number of anilines is 1. The molecule has 0 fully saturated rings. The first-order valence-corrected chi connectivity index (χ1v) is 8.99. The molecular weight excluding hydrogens is 312 g/mol. The molecule has 0 aliphatic carbocycles. The molecule has 1 N–H and O–H groups in total. The third-order valence-electron chi connectivity index (χ3n) is 4.72. The second kappa shape index (κ2) is 8.56. The number of methoxy groups -OCH3 is 1. The van der Waals surface area contributed by atoms with E-state index in [1.165, 1.54) is 11.3 Å². The molecule has 0 spiro atoms. The number of ether oxygens (including phenoxy) is 1. The van der Waals surface area contributed by atoms with Gasteiger partial charge in [0.25, 0.3) is 0 Å². The van der Waals surface area contributed by atoms with Gasteiger partial charge in [0, 0.05) is 31.7 Å². The van der Waals surface area contributed by atoms with Crippen molar-refractivity contribution >= 4 is 11.6 Å². The van der Waals surface area contributed by atoms with Gasteiger partial charge in [-0.3, -0.25) is 4.79 Å². The molecule has 0 bridgehead atoms. The minimum atomic E-state index is 0.109. The molecule has 4 heteroatoms. The van der Waals surface area contributed by atoms with E-state index in [9.17, 15) is 4.79 Å². The molecule has 0 unspecified atom stereocenters. The Bertz CT molecular complexity index is 715. The number of nitrogens with zero attached hydrogens (tertiary/aromatic N) is 1. The van der Waals surface area contributed by atoms with Crippen molar-refractivity contribution in [2.45, 2.75) is 25.7 Å². The molecule has 1 aliphatic rings. The van der Waals surface area contributed by atoms with E-state index in [1.54, 1.807) is 7.11 Å². The summed E-state index contributed by atoms with van der Waals surface area (Å²) >= 11 is 0. The third kappa shape index (κ3) is 4.53. The minimum Gasteiger partial charge on any atom is -0.496 e. The van der Waals surface area contributed by atoms with Crippen LogP contribution in [-0.2, 0) is 17.6 Å². The van der Waals surface area contributed by atoms with Crippen LogP contribution in [0.1, 0.15) is 24.0 Å². The summed E-state index contributed by atoms with van der Waals surface area (Å²) in [6, 6.07) is 16.5. The molecule has 1 heterocycles. The number of benzene rings is 2. The maximum absolute atomic E-state index is 12.2. The molecule has 1 aliphatic heterocycles. The Morgan fingerprint density at radius 3 is 2.84 bits per heavy atom. The summed E-state index contributed by atoms with van der Waals surface area (Å²) in [7, 11) is 1.67. The highest BCUT2D eigenvalue weighted by molar-refractivity contribution is 5.76. The average Bonchev–Trinajstić information content (AvgIpc) is 2.66. The number of rotatable bonds is 7. The van der Waals surface area contributed by atoms with Gasteiger partial charge in [-0.05, 0) is 42.5 Å². The number of para-hydroxylation sites is 2. The van der Waals surface area contributed by atoms with Gasteiger partial charge < -0.3 is 15.0 Å². The summed E-state index contributed by atoms with van der Waals surface area (Å²) in [4.78, 5) is 14.5. The van der Waals surface area contributed by atoms with Gasteiger partial charge in [-0.25, -0.2) is 0 Å². The molecule has 0 atom stereocenters. The highest BCUT2D eigenvalue weighted by atomic mass is 16.5. The zero-order valence-electron chi connectivity index (χ0n) is 14.8. The molecule has 3 rings (SSSR count). The van der Waals surface area contributed by atoms with E-state index in [2.05, 4.69) is 34.5 Å². The molecule has 4 nitrogen and oxygen atoms in total. The summed E-state index contributed by atoms with van der Waals surface area (Å²) in [5, 5.41) is 3.02. The van der Waals surface area contributed by atoms with Gasteiger partial charge in [0.15, 0.2) is 0 Å². The van der Waals surface area contributed by atoms with E-state index in [0.29, 0.717) is 13.0 Å². The van der Waals surface area contributed by atoms with E-state index >= 15 is 0 Å². The monoisotopic (exact) mass is 338 g/mol. The normalized spacial score (nSPS) is 13.2. The molecule has 2 aromatic rings. The van der Waals surface area contributed by atoms with Crippen molar-refractivity contribution in [1.82, 2.24) is 5.32 Å². The molecule has 1 amide bonds. The van der Waals surface area contributed by atoms with E-state index < -0.39 is 0 Å². The van der Waals surface area contributed by atoms with Crippen LogP contribution >= 0.6 is 0 Å². The number of nitrogens with one attached hydrogen (secondary N) is 1. The topological polar surface area (TPSA) is 41.6 Å². The Morgan fingerprint density at radius 2 is 1.96 bits per heavy atom. The lowest BCUT2D eigenvalue weighted by Crippen LogP contribution is -2.34. The van der Waals surface area contributed by atoms with Crippen LogP contribution in [0.5, 0.6) is 5.75 Å². The fourth-order valence-corrected chi connectivity index (χ4v) is 3.41. The van der Waals surface area contributed by atoms with Crippen molar-refractivity contribution in [1.29, 1.82) is 0 Å². The number of hydrogen-bond acceptors (Lipinski definition) is 3. The van der Waals surface area contributed by atoms with E-state index in [-0.39, 0.29) is 5.91 Å². The van der Waals surface area contributed by atoms with E-state index in [0.717, 1.165) is 43.7 Å². The molecular formula is C21H26N2O2. The van der Waals surface area contributed by atoms with Crippen molar-refractivity contribution in [3.63, 3.8) is 0 Å². The fraction of sp³-hybridized carbons (Fsp3) is 0.381. The molecule has 132 valence electrons. The quantitative estimate of drug-likeness (QED) is 0.843. The van der Waals surface area contributed by atoms with Gasteiger partial charge in [0.05, 0.1) is 7.11 Å². The van der Waals surface area contributed by atoms with Crippen LogP contribution in [0.4, 0.5) is 5.69 Å². The van der Waals surface area contributed by atoms with Crippen molar-refractivity contribution in [3.8, 4) is 5.75 Å². The predicted octanol–water partition coefficient (Wildman–Crippen LogP) is 3.20. The Morgan fingerprint density at radius 1 is 1.16 bits per heavy atom. The number of carbonyl (C=O) groups is 1. The van der Waals surface area contributed by atoms with Gasteiger partial charge in [0.2, 0.25) is 5.91 Å². The van der Waals surface area contributed by atoms with Crippen LogP contribution < -0.4 is 15.0 Å². The lowest BCUT2D eigenvalue weighted by molar-refractivity contribution is -0.120. The number of carbonyl (C=O) groups excluding carboxylic acids is 1. The molecule has 25 heavy (non-hydrogen) atoms. The Hall–Kier alpha value is -2.49. The lowest BCUT2D eigenvalue weighted by Gasteiger charge is -2.31. The Kier molecular flexibility index (Phi) is 5.94. The molecule has 0 aromatic heterocycles. The number of hydrogen-bond donors (Lipinski definition) is 1. The number of fused-ring (bicyclic) bond motifs is 1. The average molecular weight is 338 g/mol. The predicted molar refractivity (Wildman–Crippen MR) is 101 cm³/mol. The van der Waals surface area contributed by atoms with Crippen molar-refractivity contribution in [3.05, 3.63) is 59.7 Å². The molecule has 0 radical (unpaired) electrons. The lowest BCUT2D eigenvalue weighted by atomic mass is 10.0. The molecule has 0 saturated heterocycles. The fourth-order valence-electron chi connectivity index (χ4n) is 3.41. The largest absolute Gasteiger partial charge is 0.496 e. The van der Waals surface area contributed by atoms with Crippen molar-refractivity contribution in [2.75, 3.05) is 31.6 Å². The van der Waals surface area contributed by atoms with Gasteiger partial charge in [-0.1, -0.05) is 36.4 Å². The van der Waals surface area contributed by atoms with Gasteiger partial charge >= 0.3 is 0 Å². The standard InChI is InChI=1S/C21H26N2O2/c1-25-20-11-5-3-8-18(20)12-14-22-21(24)13-16-23-15-6-9-17-7-2-4-10-19(17)23/h2-5,7-8,10-11H,6,9,12-16H2,1H3,(H,22,24). The van der Waals surface area contributed by atoms with Crippen molar-refractivity contribution < 1.29 is 9.53 Å². The summed E-state index contributed by atoms with van der Waals surface area (Å²) < 4.78 is 5.34. The first-order chi connectivity index (χ1) is 12.3. The van der Waals surface area contributed by atoms with Crippen LogP contribution in [0.2, 0.25) is 0 Å². The van der Waals surface area contributed by atoms with Crippen LogP contribution in [0.25, 0.3) is 0 Å². The summed E-state index contributed by atoms with van der Waals surface area (Å²) in [5.74, 6) is 0.986. The van der Waals surface area contributed by atoms with Crippen LogP contribution in [0.15, 0.2) is 48.5 Å². The van der Waals surface area contributed by atoms with E-state index in [4.69, 9.17) is 4.74 Å². The van der Waals surface area contributed by atoms with Gasteiger partial charge in [0.1, 0.15) is 5.75 Å². The zero-order valence-corrected chi connectivity index (χ0v) is 14.8. The van der Waals surface area contributed by atoms with Crippen LogP contribution in [0, 0.1) is 0 Å². The summed E-state index contributed by atoms with van der Waals surface area (Å²) in [6.07, 6.45) is 3.60. The SMILES string of the molecule is COc1ccccc1CCNC(=O)CCN1CCCc2ccccc21. The minimum absolute atomic E-state index is 0.109.